The van der Waals surface area contributed by atoms with Gasteiger partial charge in [0.25, 0.3) is 0 Å². The molecule has 0 amide bonds. The van der Waals surface area contributed by atoms with E-state index in [1.165, 1.54) is 16.3 Å². The Morgan fingerprint density at radius 3 is 1.22 bits per heavy atom. The van der Waals surface area contributed by atoms with Crippen LogP contribution in [0.2, 0.25) is 0 Å². The number of phenolic OH excluding ortho intramolecular Hbond substituents is 5. The Morgan fingerprint density at radius 2 is 0.683 bits per heavy atom. The third-order valence-electron chi connectivity index (χ3n) is 7.82. The van der Waals surface area contributed by atoms with Crippen molar-refractivity contribution in [3.63, 3.8) is 0 Å². The average molecular weight is 537 g/mol. The van der Waals surface area contributed by atoms with Gasteiger partial charge in [0.1, 0.15) is 0 Å². The van der Waals surface area contributed by atoms with Crippen LogP contribution in [0.1, 0.15) is 0 Å². The zero-order valence-corrected chi connectivity index (χ0v) is 21.7. The summed E-state index contributed by atoms with van der Waals surface area (Å²) in [7, 11) is 0. The Hall–Kier alpha value is -5.68. The lowest BCUT2D eigenvalue weighted by atomic mass is 9.84. The van der Waals surface area contributed by atoms with Crippen molar-refractivity contribution < 1.29 is 25.5 Å². The Bertz CT molecular complexity index is 2050. The Balaban J connectivity index is 1.50. The maximum absolute atomic E-state index is 10.4. The first-order valence-electron chi connectivity index (χ1n) is 13.2. The number of hydrogen-bond donors (Lipinski definition) is 5. The summed E-state index contributed by atoms with van der Waals surface area (Å²) >= 11 is 0. The molecule has 0 bridgehead atoms. The minimum absolute atomic E-state index is 0.176. The maximum atomic E-state index is 10.4. The van der Waals surface area contributed by atoms with Crippen LogP contribution in [-0.4, -0.2) is 25.5 Å². The van der Waals surface area contributed by atoms with E-state index in [2.05, 4.69) is 66.7 Å². The summed E-state index contributed by atoms with van der Waals surface area (Å²) in [6, 6.07) is 38.6. The molecule has 0 aromatic heterocycles. The summed E-state index contributed by atoms with van der Waals surface area (Å²) in [5.41, 5.74) is 4.46. The molecule has 0 radical (unpaired) electrons. The second kappa shape index (κ2) is 9.21. The van der Waals surface area contributed by atoms with Gasteiger partial charge in [-0.15, -0.1) is 0 Å². The van der Waals surface area contributed by atoms with Crippen molar-refractivity contribution in [2.75, 3.05) is 0 Å². The van der Waals surface area contributed by atoms with Gasteiger partial charge in [-0.2, -0.15) is 0 Å². The fraction of sp³-hybridized carbons (Fsp3) is 0. The van der Waals surface area contributed by atoms with Gasteiger partial charge < -0.3 is 25.5 Å². The monoisotopic (exact) mass is 536 g/mol. The molecule has 41 heavy (non-hydrogen) atoms. The fourth-order valence-electron chi connectivity index (χ4n) is 5.94. The first-order chi connectivity index (χ1) is 20.0. The third kappa shape index (κ3) is 3.63. The highest BCUT2D eigenvalue weighted by Crippen LogP contribution is 2.55. The van der Waals surface area contributed by atoms with Gasteiger partial charge in [0.05, 0.1) is 5.56 Å². The molecule has 0 fully saturated rings. The van der Waals surface area contributed by atoms with Crippen molar-refractivity contribution in [2.45, 2.75) is 0 Å². The van der Waals surface area contributed by atoms with Gasteiger partial charge in [-0.1, -0.05) is 115 Å². The molecular formula is C36H24O5. The van der Waals surface area contributed by atoms with Gasteiger partial charge in [-0.3, -0.25) is 0 Å². The summed E-state index contributed by atoms with van der Waals surface area (Å²) in [5, 5.41) is 57.5. The summed E-state index contributed by atoms with van der Waals surface area (Å²) in [5.74, 6) is -4.23. The van der Waals surface area contributed by atoms with Crippen LogP contribution >= 0.6 is 0 Å². The smallest absolute Gasteiger partial charge is 0.208 e. The van der Waals surface area contributed by atoms with Crippen LogP contribution in [0.25, 0.3) is 65.7 Å². The van der Waals surface area contributed by atoms with Gasteiger partial charge in [-0.25, -0.2) is 0 Å². The molecule has 5 heteroatoms. The minimum Gasteiger partial charge on any atom is -0.504 e. The highest BCUT2D eigenvalue weighted by molar-refractivity contribution is 6.23. The summed E-state index contributed by atoms with van der Waals surface area (Å²) in [4.78, 5) is 0. The molecule has 0 aliphatic rings. The zero-order valence-electron chi connectivity index (χ0n) is 21.7. The largest absolute Gasteiger partial charge is 0.504 e. The Kier molecular flexibility index (Phi) is 5.47. The summed E-state index contributed by atoms with van der Waals surface area (Å²) < 4.78 is 0. The van der Waals surface area contributed by atoms with Crippen LogP contribution in [0, 0.1) is 0 Å². The van der Waals surface area contributed by atoms with Crippen molar-refractivity contribution in [2.24, 2.45) is 0 Å². The third-order valence-corrected chi connectivity index (χ3v) is 7.82. The number of fused-ring (bicyclic) bond motifs is 3. The number of benzene rings is 7. The number of hydrogen-bond acceptors (Lipinski definition) is 5. The van der Waals surface area contributed by atoms with Crippen molar-refractivity contribution in [3.05, 3.63) is 115 Å². The van der Waals surface area contributed by atoms with Crippen molar-refractivity contribution in [1.29, 1.82) is 0 Å². The lowest BCUT2D eigenvalue weighted by Crippen LogP contribution is -1.92. The highest BCUT2D eigenvalue weighted by atomic mass is 16.4. The van der Waals surface area contributed by atoms with Gasteiger partial charge in [0, 0.05) is 0 Å². The SMILES string of the molecule is Oc1c(O)c(O)c(-c2ccc(-c3c4ccccc4c(-c4cccc5ccccc45)c4ccccc34)cc2)c(O)c1O. The summed E-state index contributed by atoms with van der Waals surface area (Å²) in [6.07, 6.45) is 0. The number of rotatable bonds is 3. The van der Waals surface area contributed by atoms with Crippen LogP contribution < -0.4 is 0 Å². The topological polar surface area (TPSA) is 101 Å². The minimum atomic E-state index is -0.982. The molecule has 7 rings (SSSR count). The number of aromatic hydroxyl groups is 5. The van der Waals surface area contributed by atoms with E-state index in [1.807, 2.05) is 36.4 Å². The zero-order chi connectivity index (χ0) is 28.2. The lowest BCUT2D eigenvalue weighted by molar-refractivity contribution is 0.330. The molecule has 0 saturated heterocycles. The van der Waals surface area contributed by atoms with Gasteiger partial charge in [0.15, 0.2) is 11.5 Å². The van der Waals surface area contributed by atoms with Gasteiger partial charge >= 0.3 is 0 Å². The molecule has 0 heterocycles. The molecule has 7 aromatic rings. The first-order valence-corrected chi connectivity index (χ1v) is 13.2. The van der Waals surface area contributed by atoms with E-state index in [-0.39, 0.29) is 5.56 Å². The quantitative estimate of drug-likeness (QED) is 0.0884. The van der Waals surface area contributed by atoms with E-state index in [4.69, 9.17) is 0 Å². The van der Waals surface area contributed by atoms with Crippen LogP contribution in [0.5, 0.6) is 28.7 Å². The molecule has 5 nitrogen and oxygen atoms in total. The van der Waals surface area contributed by atoms with Gasteiger partial charge in [0.2, 0.25) is 17.2 Å². The second-order valence-electron chi connectivity index (χ2n) is 10.1. The predicted molar refractivity (Wildman–Crippen MR) is 164 cm³/mol. The fourth-order valence-corrected chi connectivity index (χ4v) is 5.94. The van der Waals surface area contributed by atoms with Crippen molar-refractivity contribution in [3.8, 4) is 62.1 Å². The van der Waals surface area contributed by atoms with E-state index >= 15 is 0 Å². The standard InChI is InChI=1S/C36H24O5/c37-32-30(33(38)35(40)36(41)34(32)39)22-18-16-21(17-19-22)29-25-11-3-5-13-27(25)31(28-14-6-4-12-26(28)29)24-15-7-9-20-8-1-2-10-23(20)24/h1-19,37-41H. The Morgan fingerprint density at radius 1 is 0.293 bits per heavy atom. The van der Waals surface area contributed by atoms with Crippen molar-refractivity contribution in [1.82, 2.24) is 0 Å². The molecule has 0 unspecified atom stereocenters. The van der Waals surface area contributed by atoms with Crippen LogP contribution in [0.4, 0.5) is 0 Å². The average Bonchev–Trinajstić information content (AvgIpc) is 3.02. The molecule has 0 saturated carbocycles. The highest BCUT2D eigenvalue weighted by Gasteiger charge is 2.24. The molecule has 7 aromatic carbocycles. The molecule has 0 aliphatic heterocycles. The van der Waals surface area contributed by atoms with Crippen LogP contribution in [-0.2, 0) is 0 Å². The predicted octanol–water partition coefficient (Wildman–Crippen LogP) is 8.68. The van der Waals surface area contributed by atoms with E-state index in [0.29, 0.717) is 5.56 Å². The van der Waals surface area contributed by atoms with E-state index in [0.717, 1.165) is 38.2 Å². The maximum Gasteiger partial charge on any atom is 0.208 e. The molecule has 0 spiro atoms. The Labute approximate surface area is 235 Å². The van der Waals surface area contributed by atoms with Crippen LogP contribution in [0.3, 0.4) is 0 Å². The summed E-state index contributed by atoms with van der Waals surface area (Å²) in [6.45, 7) is 0. The van der Waals surface area contributed by atoms with Gasteiger partial charge in [-0.05, 0) is 60.1 Å². The molecule has 198 valence electrons. The first kappa shape index (κ1) is 24.4. The van der Waals surface area contributed by atoms with Crippen LogP contribution in [0.15, 0.2) is 115 Å². The molecule has 5 N–H and O–H groups in total. The van der Waals surface area contributed by atoms with E-state index in [9.17, 15) is 25.5 Å². The van der Waals surface area contributed by atoms with Crippen molar-refractivity contribution >= 4 is 32.3 Å². The second-order valence-corrected chi connectivity index (χ2v) is 10.1. The normalized spacial score (nSPS) is 11.4. The number of phenols is 5. The van der Waals surface area contributed by atoms with E-state index < -0.39 is 28.7 Å². The van der Waals surface area contributed by atoms with E-state index in [1.54, 1.807) is 12.1 Å². The molecular weight excluding hydrogens is 512 g/mol. The molecule has 0 atom stereocenters. The molecule has 0 aliphatic carbocycles. The lowest BCUT2D eigenvalue weighted by Gasteiger charge is -2.19.